The molecule has 0 amide bonds. The van der Waals surface area contributed by atoms with Gasteiger partial charge in [-0.1, -0.05) is 0 Å². The van der Waals surface area contributed by atoms with Crippen LogP contribution < -0.4 is 0 Å². The molecule has 0 radical (unpaired) electrons. The number of hydrogen-bond acceptors (Lipinski definition) is 11. The van der Waals surface area contributed by atoms with E-state index in [9.17, 15) is 13.7 Å². The molecule has 0 aromatic rings. The lowest BCUT2D eigenvalue weighted by Gasteiger charge is -2.23. The molecule has 0 heterocycles. The molecule has 0 N–H and O–H groups in total. The molecular formula is C8H21O11P3. The second-order valence-corrected chi connectivity index (χ2v) is 9.29. The largest absolute Gasteiger partial charge is 0.492 e. The van der Waals surface area contributed by atoms with Crippen molar-refractivity contribution in [1.29, 1.82) is 0 Å². The highest BCUT2D eigenvalue weighted by atomic mass is 31.3. The molecule has 3 unspecified atom stereocenters. The average Bonchev–Trinajstić information content (AvgIpc) is 2.52. The number of rotatable bonds is 12. The summed E-state index contributed by atoms with van der Waals surface area (Å²) in [6.45, 7) is 1.42. The quantitative estimate of drug-likeness (QED) is 0.460. The lowest BCUT2D eigenvalue weighted by atomic mass is 10.4. The number of phosphoric acid groups is 3. The Labute approximate surface area is 129 Å². The molecule has 0 aromatic carbocycles. The van der Waals surface area contributed by atoms with Gasteiger partial charge in [0.2, 0.25) is 0 Å². The van der Waals surface area contributed by atoms with Crippen molar-refractivity contribution in [3.05, 3.63) is 0 Å². The summed E-state index contributed by atoms with van der Waals surface area (Å²) >= 11 is 0. The van der Waals surface area contributed by atoms with Crippen LogP contribution in [0, 0.1) is 0 Å². The van der Waals surface area contributed by atoms with Gasteiger partial charge in [-0.15, -0.1) is 0 Å². The van der Waals surface area contributed by atoms with Crippen LogP contribution in [-0.2, 0) is 49.7 Å². The van der Waals surface area contributed by atoms with E-state index >= 15 is 0 Å². The van der Waals surface area contributed by atoms with Crippen molar-refractivity contribution in [2.24, 2.45) is 0 Å². The van der Waals surface area contributed by atoms with Gasteiger partial charge >= 0.3 is 23.5 Å². The van der Waals surface area contributed by atoms with Crippen LogP contribution in [0.15, 0.2) is 0 Å². The van der Waals surface area contributed by atoms with Crippen molar-refractivity contribution in [2.45, 2.75) is 13.0 Å². The second-order valence-electron chi connectivity index (χ2n) is 3.58. The van der Waals surface area contributed by atoms with Gasteiger partial charge in [-0.05, 0) is 6.92 Å². The standard InChI is InChI=1S/C8H21O11P3/c1-8(12-2)7-17-21(10,15-5)19-22(11,16-6)18-20(9,13-3)14-4/h8H,7H2,1-6H3. The van der Waals surface area contributed by atoms with E-state index in [1.807, 2.05) is 0 Å². The van der Waals surface area contributed by atoms with Crippen molar-refractivity contribution >= 4 is 23.5 Å². The molecule has 0 spiro atoms. The average molecular weight is 386 g/mol. The third-order valence-electron chi connectivity index (χ3n) is 2.16. The molecule has 0 aliphatic heterocycles. The first-order valence-electron chi connectivity index (χ1n) is 5.74. The predicted octanol–water partition coefficient (Wildman–Crippen LogP) is 2.98. The number of hydrogen-bond donors (Lipinski definition) is 0. The van der Waals surface area contributed by atoms with E-state index in [4.69, 9.17) is 9.26 Å². The first-order chi connectivity index (χ1) is 10.1. The summed E-state index contributed by atoms with van der Waals surface area (Å²) in [5, 5.41) is 0. The minimum atomic E-state index is -4.63. The van der Waals surface area contributed by atoms with Crippen molar-refractivity contribution in [3.8, 4) is 0 Å². The van der Waals surface area contributed by atoms with Gasteiger partial charge in [0.05, 0.1) is 12.7 Å². The molecule has 0 aromatic heterocycles. The Kier molecular flexibility index (Phi) is 9.78. The summed E-state index contributed by atoms with van der Waals surface area (Å²) in [7, 11) is -7.92. The highest BCUT2D eigenvalue weighted by Gasteiger charge is 2.45. The molecule has 14 heteroatoms. The zero-order valence-corrected chi connectivity index (χ0v) is 15.8. The molecule has 134 valence electrons. The minimum absolute atomic E-state index is 0.197. The number of phosphoric ester groups is 2. The predicted molar refractivity (Wildman–Crippen MR) is 75.4 cm³/mol. The van der Waals surface area contributed by atoms with Crippen LogP contribution in [0.2, 0.25) is 0 Å². The zero-order valence-electron chi connectivity index (χ0n) is 13.1. The van der Waals surface area contributed by atoms with Crippen LogP contribution in [0.3, 0.4) is 0 Å². The fraction of sp³-hybridized carbons (Fsp3) is 1.00. The van der Waals surface area contributed by atoms with E-state index < -0.39 is 29.6 Å². The normalized spacial score (nSPS) is 19.4. The highest BCUT2D eigenvalue weighted by molar-refractivity contribution is 7.67. The monoisotopic (exact) mass is 386 g/mol. The van der Waals surface area contributed by atoms with Crippen molar-refractivity contribution < 1.29 is 49.7 Å². The maximum absolute atomic E-state index is 12.2. The van der Waals surface area contributed by atoms with Crippen molar-refractivity contribution in [2.75, 3.05) is 42.2 Å². The van der Waals surface area contributed by atoms with Gasteiger partial charge in [0, 0.05) is 35.5 Å². The summed E-state index contributed by atoms with van der Waals surface area (Å²) < 4.78 is 73.2. The fourth-order valence-corrected chi connectivity index (χ4v) is 5.36. The van der Waals surface area contributed by atoms with Gasteiger partial charge in [0.1, 0.15) is 0 Å². The first kappa shape index (κ1) is 22.4. The Morgan fingerprint density at radius 2 is 1.14 bits per heavy atom. The molecule has 11 nitrogen and oxygen atoms in total. The smallest absolute Gasteiger partial charge is 0.379 e. The molecule has 22 heavy (non-hydrogen) atoms. The molecule has 0 aliphatic rings. The Morgan fingerprint density at radius 1 is 0.727 bits per heavy atom. The van der Waals surface area contributed by atoms with Gasteiger partial charge in [-0.2, -0.15) is 8.62 Å². The van der Waals surface area contributed by atoms with E-state index in [0.717, 1.165) is 28.4 Å². The van der Waals surface area contributed by atoms with Gasteiger partial charge in [0.25, 0.3) is 0 Å². The summed E-state index contributed by atoms with van der Waals surface area (Å²) in [5.41, 5.74) is 0. The molecule has 0 bridgehead atoms. The maximum Gasteiger partial charge on any atom is 0.492 e. The summed E-state index contributed by atoms with van der Waals surface area (Å²) in [6.07, 6.45) is -0.445. The third kappa shape index (κ3) is 7.29. The third-order valence-corrected chi connectivity index (χ3v) is 7.62. The maximum atomic E-state index is 12.2. The van der Waals surface area contributed by atoms with E-state index in [2.05, 4.69) is 26.7 Å². The molecule has 0 fully saturated rings. The Hall–Kier alpha value is 0.370. The van der Waals surface area contributed by atoms with Crippen molar-refractivity contribution in [1.82, 2.24) is 0 Å². The van der Waals surface area contributed by atoms with Gasteiger partial charge in [0.15, 0.2) is 0 Å². The minimum Gasteiger partial charge on any atom is -0.379 e. The Morgan fingerprint density at radius 3 is 1.50 bits per heavy atom. The number of methoxy groups -OCH3 is 1. The topological polar surface area (TPSA) is 125 Å². The van der Waals surface area contributed by atoms with E-state index in [-0.39, 0.29) is 6.61 Å². The van der Waals surface area contributed by atoms with Gasteiger partial charge in [-0.3, -0.25) is 22.6 Å². The highest BCUT2D eigenvalue weighted by Crippen LogP contribution is 2.72. The zero-order chi connectivity index (χ0) is 17.4. The van der Waals surface area contributed by atoms with E-state index in [0.29, 0.717) is 0 Å². The summed E-state index contributed by atoms with van der Waals surface area (Å²) in [4.78, 5) is 0. The second kappa shape index (κ2) is 9.61. The van der Waals surface area contributed by atoms with Crippen LogP contribution in [0.4, 0.5) is 0 Å². The Bertz CT molecular complexity index is 458. The van der Waals surface area contributed by atoms with Gasteiger partial charge < -0.3 is 4.74 Å². The fourth-order valence-electron chi connectivity index (χ4n) is 0.842. The SMILES string of the molecule is COC(C)COP(=O)(OC)OP(=O)(OC)OP(=O)(OC)OC. The molecule has 0 saturated carbocycles. The van der Waals surface area contributed by atoms with Crippen LogP contribution in [-0.4, -0.2) is 48.3 Å². The number of ether oxygens (including phenoxy) is 1. The summed E-state index contributed by atoms with van der Waals surface area (Å²) in [5.74, 6) is 0. The molecule has 3 atom stereocenters. The Balaban J connectivity index is 5.11. The molecule has 0 saturated heterocycles. The summed E-state index contributed by atoms with van der Waals surface area (Å²) in [6, 6.07) is 0. The lowest BCUT2D eigenvalue weighted by molar-refractivity contribution is 0.0526. The lowest BCUT2D eigenvalue weighted by Crippen LogP contribution is -2.13. The van der Waals surface area contributed by atoms with E-state index in [1.165, 1.54) is 7.11 Å². The van der Waals surface area contributed by atoms with Crippen LogP contribution in [0.5, 0.6) is 0 Å². The van der Waals surface area contributed by atoms with Crippen molar-refractivity contribution in [3.63, 3.8) is 0 Å². The first-order valence-corrected chi connectivity index (χ1v) is 10.1. The molecular weight excluding hydrogens is 365 g/mol. The van der Waals surface area contributed by atoms with Crippen LogP contribution >= 0.6 is 23.5 Å². The van der Waals surface area contributed by atoms with Gasteiger partial charge in [-0.25, -0.2) is 13.7 Å². The van der Waals surface area contributed by atoms with Crippen LogP contribution in [0.25, 0.3) is 0 Å². The molecule has 0 aliphatic carbocycles. The van der Waals surface area contributed by atoms with E-state index in [1.54, 1.807) is 6.92 Å². The van der Waals surface area contributed by atoms with Crippen LogP contribution in [0.1, 0.15) is 6.92 Å². The molecule has 0 rings (SSSR count).